The maximum Gasteiger partial charge on any atom is 0.160 e. The lowest BCUT2D eigenvalue weighted by molar-refractivity contribution is 0.364. The summed E-state index contributed by atoms with van der Waals surface area (Å²) in [7, 11) is 2.15. The number of hydrogen-bond donors (Lipinski definition) is 0. The number of aliphatic imine (C=N–C) groups is 1. The SMILES string of the molecule is CN1C(c2cccc3ccccc23)=CC(c2ccccc2)=NC1c1ccc(-c2ccc3c(oc4ccccc43)c2-c2ccc(-c3nc(-c4ccccc4)cc(-c4ccccc4)n3)cc2)cc1. The number of allylic oxidation sites excluding steroid dienone is 1. The van der Waals surface area contributed by atoms with E-state index >= 15 is 0 Å². The van der Waals surface area contributed by atoms with Gasteiger partial charge in [-0.1, -0.05) is 206 Å². The number of furan rings is 1. The Bertz CT molecular complexity index is 3570. The number of rotatable bonds is 8. The Labute approximate surface area is 383 Å². The fourth-order valence-electron chi connectivity index (χ4n) is 9.43. The lowest BCUT2D eigenvalue weighted by Gasteiger charge is -2.34. The van der Waals surface area contributed by atoms with Gasteiger partial charge in [0.05, 0.1) is 17.1 Å². The summed E-state index contributed by atoms with van der Waals surface area (Å²) in [4.78, 5) is 17.9. The Morgan fingerprint density at radius 1 is 0.439 bits per heavy atom. The molecule has 0 N–H and O–H groups in total. The van der Waals surface area contributed by atoms with Crippen LogP contribution in [0.4, 0.5) is 0 Å². The number of benzene rings is 9. The van der Waals surface area contributed by atoms with Gasteiger partial charge in [-0.25, -0.2) is 9.97 Å². The Morgan fingerprint density at radius 2 is 1.02 bits per heavy atom. The summed E-state index contributed by atoms with van der Waals surface area (Å²) in [5.74, 6) is 0.670. The second kappa shape index (κ2) is 16.5. The maximum absolute atomic E-state index is 6.76. The highest BCUT2D eigenvalue weighted by atomic mass is 16.3. The van der Waals surface area contributed by atoms with Crippen molar-refractivity contribution in [2.45, 2.75) is 6.17 Å². The minimum Gasteiger partial charge on any atom is -0.455 e. The van der Waals surface area contributed by atoms with Crippen molar-refractivity contribution in [3.05, 3.63) is 247 Å². The first-order chi connectivity index (χ1) is 32.6. The molecular weight excluding hydrogens is 805 g/mol. The third kappa shape index (κ3) is 7.04. The molecule has 1 atom stereocenters. The van der Waals surface area contributed by atoms with Crippen molar-refractivity contribution in [3.63, 3.8) is 0 Å². The standard InChI is InChI=1S/C61H42N4O/c1-65-56(50-26-15-23-40-16-11-12-24-48(40)50)39-55(44-21-9-4-10-22-44)64-61(65)47-34-28-41(29-35-47)49-36-37-52-51-25-13-14-27-57(51)66-59(52)58(49)45-30-32-46(33-31-45)60-62-53(42-17-5-2-6-18-42)38-54(63-60)43-19-7-3-8-20-43/h2-39,61H,1H3. The van der Waals surface area contributed by atoms with Crippen LogP contribution < -0.4 is 0 Å². The average Bonchev–Trinajstić information content (AvgIpc) is 3.78. The van der Waals surface area contributed by atoms with Crippen molar-refractivity contribution in [3.8, 4) is 56.2 Å². The van der Waals surface area contributed by atoms with Crippen LogP contribution in [-0.2, 0) is 0 Å². The van der Waals surface area contributed by atoms with E-state index in [-0.39, 0.29) is 6.17 Å². The molecule has 0 aliphatic carbocycles. The van der Waals surface area contributed by atoms with Gasteiger partial charge in [0, 0.05) is 51.3 Å². The molecule has 5 nitrogen and oxygen atoms in total. The van der Waals surface area contributed by atoms with Crippen LogP contribution in [0.15, 0.2) is 240 Å². The van der Waals surface area contributed by atoms with Crippen molar-refractivity contribution in [2.24, 2.45) is 4.99 Å². The molecule has 12 rings (SSSR count). The lowest BCUT2D eigenvalue weighted by atomic mass is 9.91. The van der Waals surface area contributed by atoms with E-state index in [2.05, 4.69) is 194 Å². The van der Waals surface area contributed by atoms with Crippen LogP contribution in [0, 0.1) is 0 Å². The molecule has 11 aromatic rings. The van der Waals surface area contributed by atoms with Gasteiger partial charge >= 0.3 is 0 Å². The number of para-hydroxylation sites is 1. The van der Waals surface area contributed by atoms with Crippen LogP contribution in [0.1, 0.15) is 22.9 Å². The zero-order valence-electron chi connectivity index (χ0n) is 36.2. The zero-order valence-corrected chi connectivity index (χ0v) is 36.2. The fraction of sp³-hybridized carbons (Fsp3) is 0.0328. The summed E-state index contributed by atoms with van der Waals surface area (Å²) in [6, 6.07) is 78.5. The molecule has 5 heteroatoms. The van der Waals surface area contributed by atoms with Gasteiger partial charge in [-0.15, -0.1) is 0 Å². The van der Waals surface area contributed by atoms with Crippen LogP contribution in [0.25, 0.3) is 94.6 Å². The van der Waals surface area contributed by atoms with E-state index < -0.39 is 0 Å². The van der Waals surface area contributed by atoms with E-state index in [1.165, 1.54) is 16.3 Å². The molecule has 0 bridgehead atoms. The molecule has 0 saturated heterocycles. The minimum atomic E-state index is -0.247. The Kier molecular flexibility index (Phi) is 9.72. The van der Waals surface area contributed by atoms with Gasteiger partial charge < -0.3 is 9.32 Å². The van der Waals surface area contributed by atoms with Gasteiger partial charge in [0.1, 0.15) is 17.3 Å². The Balaban J connectivity index is 0.951. The molecule has 1 aliphatic rings. The number of aromatic nitrogens is 2. The highest BCUT2D eigenvalue weighted by molar-refractivity contribution is 6.15. The molecular formula is C61H42N4O. The number of hydrogen-bond acceptors (Lipinski definition) is 5. The summed E-state index contributed by atoms with van der Waals surface area (Å²) >= 11 is 0. The predicted molar refractivity (Wildman–Crippen MR) is 272 cm³/mol. The molecule has 312 valence electrons. The minimum absolute atomic E-state index is 0.247. The maximum atomic E-state index is 6.76. The van der Waals surface area contributed by atoms with Gasteiger partial charge in [0.15, 0.2) is 5.82 Å². The molecule has 1 aliphatic heterocycles. The highest BCUT2D eigenvalue weighted by Crippen LogP contribution is 2.44. The van der Waals surface area contributed by atoms with Crippen molar-refractivity contribution < 1.29 is 4.42 Å². The predicted octanol–water partition coefficient (Wildman–Crippen LogP) is 15.3. The van der Waals surface area contributed by atoms with Crippen LogP contribution in [0.2, 0.25) is 0 Å². The smallest absolute Gasteiger partial charge is 0.160 e. The van der Waals surface area contributed by atoms with Crippen LogP contribution >= 0.6 is 0 Å². The average molecular weight is 847 g/mol. The van der Waals surface area contributed by atoms with Gasteiger partial charge in [0.25, 0.3) is 0 Å². The van der Waals surface area contributed by atoms with E-state index in [0.29, 0.717) is 5.82 Å². The molecule has 0 saturated carbocycles. The van der Waals surface area contributed by atoms with E-state index in [4.69, 9.17) is 19.4 Å². The van der Waals surface area contributed by atoms with Crippen LogP contribution in [-0.4, -0.2) is 27.6 Å². The van der Waals surface area contributed by atoms with Gasteiger partial charge in [-0.3, -0.25) is 4.99 Å². The molecule has 0 fully saturated rings. The quantitative estimate of drug-likeness (QED) is 0.153. The summed E-state index contributed by atoms with van der Waals surface area (Å²) in [6.45, 7) is 0. The van der Waals surface area contributed by atoms with Gasteiger partial charge in [-0.05, 0) is 62.9 Å². The summed E-state index contributed by atoms with van der Waals surface area (Å²) < 4.78 is 6.76. The third-order valence-corrected chi connectivity index (χ3v) is 12.8. The highest BCUT2D eigenvalue weighted by Gasteiger charge is 2.27. The van der Waals surface area contributed by atoms with Crippen molar-refractivity contribution in [2.75, 3.05) is 7.05 Å². The summed E-state index contributed by atoms with van der Waals surface area (Å²) in [5, 5.41) is 4.60. The molecule has 9 aromatic carbocycles. The second-order valence-corrected chi connectivity index (χ2v) is 16.8. The first kappa shape index (κ1) is 39.0. The Morgan fingerprint density at radius 3 is 1.71 bits per heavy atom. The molecule has 2 aromatic heterocycles. The Hall–Kier alpha value is -8.67. The van der Waals surface area contributed by atoms with E-state index in [1.54, 1.807) is 0 Å². The molecule has 0 spiro atoms. The van der Waals surface area contributed by atoms with Gasteiger partial charge in [-0.2, -0.15) is 0 Å². The largest absolute Gasteiger partial charge is 0.455 e. The van der Waals surface area contributed by atoms with Gasteiger partial charge in [0.2, 0.25) is 0 Å². The van der Waals surface area contributed by atoms with Crippen molar-refractivity contribution in [1.82, 2.24) is 14.9 Å². The van der Waals surface area contributed by atoms with Crippen molar-refractivity contribution >= 4 is 44.1 Å². The van der Waals surface area contributed by atoms with E-state index in [9.17, 15) is 0 Å². The number of nitrogens with zero attached hydrogens (tertiary/aromatic N) is 4. The van der Waals surface area contributed by atoms with Crippen LogP contribution in [0.5, 0.6) is 0 Å². The normalized spacial score (nSPS) is 13.8. The van der Waals surface area contributed by atoms with Crippen molar-refractivity contribution in [1.29, 1.82) is 0 Å². The third-order valence-electron chi connectivity index (χ3n) is 12.8. The fourth-order valence-corrected chi connectivity index (χ4v) is 9.43. The molecule has 66 heavy (non-hydrogen) atoms. The monoisotopic (exact) mass is 846 g/mol. The number of fused-ring (bicyclic) bond motifs is 4. The molecule has 3 heterocycles. The molecule has 0 radical (unpaired) electrons. The second-order valence-electron chi connectivity index (χ2n) is 16.8. The van der Waals surface area contributed by atoms with E-state index in [0.717, 1.165) is 94.8 Å². The van der Waals surface area contributed by atoms with E-state index in [1.807, 2.05) is 48.5 Å². The molecule has 0 amide bonds. The first-order valence-corrected chi connectivity index (χ1v) is 22.3. The summed E-state index contributed by atoms with van der Waals surface area (Å²) in [5.41, 5.74) is 16.2. The summed E-state index contributed by atoms with van der Waals surface area (Å²) in [6.07, 6.45) is 1.99. The van der Waals surface area contributed by atoms with Crippen LogP contribution in [0.3, 0.4) is 0 Å². The lowest BCUT2D eigenvalue weighted by Crippen LogP contribution is -2.27. The topological polar surface area (TPSA) is 54.5 Å². The zero-order chi connectivity index (χ0) is 44.0. The molecule has 1 unspecified atom stereocenters. The first-order valence-electron chi connectivity index (χ1n) is 22.3.